The monoisotopic (exact) mass is 300 g/mol. The van der Waals surface area contributed by atoms with Crippen LogP contribution in [0.25, 0.3) is 0 Å². The first-order chi connectivity index (χ1) is 10.3. The van der Waals surface area contributed by atoms with Gasteiger partial charge in [0.1, 0.15) is 6.07 Å². The standard InChI is InChI=1S/C18H28N4/c1-14(2)22-8-6-21(7-9-22)13-15-10-16(11-19)17(20-12-15)18(3,4)5/h10,12,14H,6-9,13H2,1-5H3. The molecule has 1 aromatic heterocycles. The second kappa shape index (κ2) is 6.76. The second-order valence-electron chi connectivity index (χ2n) is 7.51. The van der Waals surface area contributed by atoms with E-state index in [-0.39, 0.29) is 5.41 Å². The molecular weight excluding hydrogens is 272 g/mol. The number of nitrogens with zero attached hydrogens (tertiary/aromatic N) is 4. The zero-order valence-electron chi connectivity index (χ0n) is 14.6. The van der Waals surface area contributed by atoms with E-state index in [1.165, 1.54) is 0 Å². The van der Waals surface area contributed by atoms with Crippen molar-refractivity contribution in [3.63, 3.8) is 0 Å². The van der Waals surface area contributed by atoms with E-state index >= 15 is 0 Å². The van der Waals surface area contributed by atoms with Gasteiger partial charge in [0.05, 0.1) is 11.3 Å². The summed E-state index contributed by atoms with van der Waals surface area (Å²) in [5, 5.41) is 9.40. The number of hydrogen-bond donors (Lipinski definition) is 0. The van der Waals surface area contributed by atoms with Gasteiger partial charge in [-0.2, -0.15) is 5.26 Å². The molecule has 1 fully saturated rings. The normalized spacial score (nSPS) is 17.7. The first-order valence-electron chi connectivity index (χ1n) is 8.17. The highest BCUT2D eigenvalue weighted by Gasteiger charge is 2.22. The van der Waals surface area contributed by atoms with Crippen LogP contribution in [-0.2, 0) is 12.0 Å². The quantitative estimate of drug-likeness (QED) is 0.861. The molecule has 0 atom stereocenters. The minimum Gasteiger partial charge on any atom is -0.298 e. The molecule has 0 bridgehead atoms. The van der Waals surface area contributed by atoms with Gasteiger partial charge in [-0.3, -0.25) is 14.8 Å². The lowest BCUT2D eigenvalue weighted by atomic mass is 9.88. The van der Waals surface area contributed by atoms with E-state index in [0.29, 0.717) is 11.6 Å². The van der Waals surface area contributed by atoms with E-state index in [1.54, 1.807) is 0 Å². The largest absolute Gasteiger partial charge is 0.298 e. The highest BCUT2D eigenvalue weighted by atomic mass is 15.3. The Hall–Kier alpha value is -1.44. The lowest BCUT2D eigenvalue weighted by Crippen LogP contribution is -2.48. The maximum atomic E-state index is 9.40. The number of nitriles is 1. The van der Waals surface area contributed by atoms with E-state index in [0.717, 1.165) is 44.0 Å². The molecule has 0 unspecified atom stereocenters. The van der Waals surface area contributed by atoms with Crippen LogP contribution in [-0.4, -0.2) is 47.0 Å². The Balaban J connectivity index is 2.04. The van der Waals surface area contributed by atoms with Gasteiger partial charge in [0.15, 0.2) is 0 Å². The number of hydrogen-bond acceptors (Lipinski definition) is 4. The minimum atomic E-state index is -0.0908. The minimum absolute atomic E-state index is 0.0908. The molecule has 22 heavy (non-hydrogen) atoms. The van der Waals surface area contributed by atoms with Crippen molar-refractivity contribution in [2.24, 2.45) is 0 Å². The second-order valence-corrected chi connectivity index (χ2v) is 7.51. The Labute approximate surface area is 134 Å². The van der Waals surface area contributed by atoms with Gasteiger partial charge in [0.2, 0.25) is 0 Å². The summed E-state index contributed by atoms with van der Waals surface area (Å²) in [6.45, 7) is 16.1. The van der Waals surface area contributed by atoms with E-state index < -0.39 is 0 Å². The van der Waals surface area contributed by atoms with Gasteiger partial charge >= 0.3 is 0 Å². The van der Waals surface area contributed by atoms with Gasteiger partial charge in [-0.1, -0.05) is 20.8 Å². The Morgan fingerprint density at radius 2 is 1.86 bits per heavy atom. The molecule has 0 aliphatic carbocycles. The van der Waals surface area contributed by atoms with E-state index in [1.807, 2.05) is 12.3 Å². The van der Waals surface area contributed by atoms with Crippen LogP contribution in [0.4, 0.5) is 0 Å². The van der Waals surface area contributed by atoms with Crippen LogP contribution in [0.2, 0.25) is 0 Å². The molecule has 2 heterocycles. The van der Waals surface area contributed by atoms with E-state index in [9.17, 15) is 5.26 Å². The molecule has 0 spiro atoms. The highest BCUT2D eigenvalue weighted by molar-refractivity contribution is 5.39. The van der Waals surface area contributed by atoms with Crippen molar-refractivity contribution in [3.05, 3.63) is 29.1 Å². The summed E-state index contributed by atoms with van der Waals surface area (Å²) in [6.07, 6.45) is 1.94. The molecule has 120 valence electrons. The summed E-state index contributed by atoms with van der Waals surface area (Å²) >= 11 is 0. The smallest absolute Gasteiger partial charge is 0.101 e. The number of pyridine rings is 1. The third-order valence-corrected chi connectivity index (χ3v) is 4.32. The Morgan fingerprint density at radius 3 is 2.36 bits per heavy atom. The molecule has 0 saturated carbocycles. The van der Waals surface area contributed by atoms with E-state index in [2.05, 4.69) is 55.5 Å². The SMILES string of the molecule is CC(C)N1CCN(Cc2cnc(C(C)(C)C)c(C#N)c2)CC1. The topological polar surface area (TPSA) is 43.2 Å². The molecule has 1 saturated heterocycles. The van der Waals surface area contributed by atoms with E-state index in [4.69, 9.17) is 0 Å². The van der Waals surface area contributed by atoms with Crippen LogP contribution in [0.15, 0.2) is 12.3 Å². The Kier molecular flexibility index (Phi) is 5.20. The molecule has 0 N–H and O–H groups in total. The molecule has 4 nitrogen and oxygen atoms in total. The fourth-order valence-electron chi connectivity index (χ4n) is 2.97. The van der Waals surface area contributed by atoms with Crippen molar-refractivity contribution in [1.29, 1.82) is 5.26 Å². The summed E-state index contributed by atoms with van der Waals surface area (Å²) in [5.41, 5.74) is 2.66. The molecule has 0 radical (unpaired) electrons. The molecule has 2 rings (SSSR count). The van der Waals surface area contributed by atoms with Crippen LogP contribution in [0.1, 0.15) is 51.4 Å². The van der Waals surface area contributed by atoms with Crippen LogP contribution in [0, 0.1) is 11.3 Å². The van der Waals surface area contributed by atoms with Crippen molar-refractivity contribution in [3.8, 4) is 6.07 Å². The average molecular weight is 300 g/mol. The summed E-state index contributed by atoms with van der Waals surface area (Å²) in [6, 6.07) is 4.95. The van der Waals surface area contributed by atoms with Gasteiger partial charge in [-0.05, 0) is 25.5 Å². The maximum Gasteiger partial charge on any atom is 0.101 e. The number of rotatable bonds is 3. The molecule has 4 heteroatoms. The third kappa shape index (κ3) is 4.06. The van der Waals surface area contributed by atoms with Crippen LogP contribution < -0.4 is 0 Å². The predicted octanol–water partition coefficient (Wildman–Crippen LogP) is 2.78. The van der Waals surface area contributed by atoms with Gasteiger partial charge in [-0.25, -0.2) is 0 Å². The maximum absolute atomic E-state index is 9.40. The predicted molar refractivity (Wildman–Crippen MR) is 89.6 cm³/mol. The van der Waals surface area contributed by atoms with Crippen molar-refractivity contribution in [2.45, 2.75) is 52.6 Å². The number of aromatic nitrogens is 1. The van der Waals surface area contributed by atoms with Gasteiger partial charge < -0.3 is 0 Å². The fourth-order valence-corrected chi connectivity index (χ4v) is 2.97. The van der Waals surface area contributed by atoms with Crippen molar-refractivity contribution >= 4 is 0 Å². The lowest BCUT2D eigenvalue weighted by molar-refractivity contribution is 0.104. The third-order valence-electron chi connectivity index (χ3n) is 4.32. The first-order valence-corrected chi connectivity index (χ1v) is 8.17. The fraction of sp³-hybridized carbons (Fsp3) is 0.667. The molecule has 1 aromatic rings. The zero-order chi connectivity index (χ0) is 16.3. The van der Waals surface area contributed by atoms with Crippen molar-refractivity contribution < 1.29 is 0 Å². The molecular formula is C18H28N4. The first kappa shape index (κ1) is 16.9. The molecule has 0 aromatic carbocycles. The summed E-state index contributed by atoms with van der Waals surface area (Å²) < 4.78 is 0. The summed E-state index contributed by atoms with van der Waals surface area (Å²) in [7, 11) is 0. The summed E-state index contributed by atoms with van der Waals surface area (Å²) in [5.74, 6) is 0. The highest BCUT2D eigenvalue weighted by Crippen LogP contribution is 2.24. The summed E-state index contributed by atoms with van der Waals surface area (Å²) in [4.78, 5) is 9.53. The molecule has 0 amide bonds. The zero-order valence-corrected chi connectivity index (χ0v) is 14.6. The molecule has 1 aliphatic rings. The Morgan fingerprint density at radius 1 is 1.23 bits per heavy atom. The average Bonchev–Trinajstić information content (AvgIpc) is 2.46. The van der Waals surface area contributed by atoms with Gasteiger partial charge in [0, 0.05) is 50.4 Å². The molecule has 1 aliphatic heterocycles. The van der Waals surface area contributed by atoms with Crippen LogP contribution in [0.3, 0.4) is 0 Å². The van der Waals surface area contributed by atoms with Crippen molar-refractivity contribution in [1.82, 2.24) is 14.8 Å². The lowest BCUT2D eigenvalue weighted by Gasteiger charge is -2.37. The van der Waals surface area contributed by atoms with Crippen molar-refractivity contribution in [2.75, 3.05) is 26.2 Å². The number of piperazine rings is 1. The Bertz CT molecular complexity index is 543. The van der Waals surface area contributed by atoms with Gasteiger partial charge in [-0.15, -0.1) is 0 Å². The van der Waals surface area contributed by atoms with Crippen LogP contribution in [0.5, 0.6) is 0 Å². The van der Waals surface area contributed by atoms with Gasteiger partial charge in [0.25, 0.3) is 0 Å². The van der Waals surface area contributed by atoms with Crippen LogP contribution >= 0.6 is 0 Å².